The molecule has 0 radical (unpaired) electrons. The second kappa shape index (κ2) is 4.49. The third kappa shape index (κ3) is 1.90. The molecule has 5 nitrogen and oxygen atoms in total. The van der Waals surface area contributed by atoms with E-state index in [0.29, 0.717) is 12.0 Å². The average Bonchev–Trinajstić information content (AvgIpc) is 2.75. The highest BCUT2D eigenvalue weighted by Gasteiger charge is 2.32. The first-order valence-corrected chi connectivity index (χ1v) is 6.26. The zero-order valence-corrected chi connectivity index (χ0v) is 10.7. The quantitative estimate of drug-likeness (QED) is 0.858. The molecule has 0 spiro atoms. The molecule has 3 rings (SSSR count). The van der Waals surface area contributed by atoms with Crippen molar-refractivity contribution < 1.29 is 0 Å². The monoisotopic (exact) mass is 243 g/mol. The Labute approximate surface area is 106 Å². The number of aryl methyl sites for hydroxylation is 1. The van der Waals surface area contributed by atoms with E-state index in [1.807, 2.05) is 7.05 Å². The number of fused-ring (bicyclic) bond motifs is 1. The van der Waals surface area contributed by atoms with Crippen LogP contribution < -0.4 is 5.32 Å². The maximum absolute atomic E-state index is 4.25. The molecule has 0 saturated carbocycles. The zero-order valence-electron chi connectivity index (χ0n) is 10.7. The van der Waals surface area contributed by atoms with Gasteiger partial charge in [0.2, 0.25) is 0 Å². The minimum Gasteiger partial charge on any atom is -0.316 e. The first-order chi connectivity index (χ1) is 8.78. The van der Waals surface area contributed by atoms with Crippen molar-refractivity contribution in [3.8, 4) is 0 Å². The third-order valence-corrected chi connectivity index (χ3v) is 3.70. The fraction of sp³-hybridized carbons (Fsp3) is 0.462. The lowest BCUT2D eigenvalue weighted by Crippen LogP contribution is -2.40. The second-order valence-corrected chi connectivity index (χ2v) is 4.80. The first kappa shape index (κ1) is 11.3. The van der Waals surface area contributed by atoms with Gasteiger partial charge in [-0.3, -0.25) is 0 Å². The Kier molecular flexibility index (Phi) is 2.83. The molecule has 0 bridgehead atoms. The smallest absolute Gasteiger partial charge is 0.176 e. The summed E-state index contributed by atoms with van der Waals surface area (Å²) in [6.45, 7) is 0. The van der Waals surface area contributed by atoms with E-state index in [2.05, 4.69) is 45.0 Å². The van der Waals surface area contributed by atoms with Crippen LogP contribution in [0.25, 0.3) is 0 Å². The topological polar surface area (TPSA) is 55.6 Å². The largest absolute Gasteiger partial charge is 0.316 e. The van der Waals surface area contributed by atoms with Gasteiger partial charge < -0.3 is 5.32 Å². The van der Waals surface area contributed by atoms with Gasteiger partial charge in [-0.2, -0.15) is 4.80 Å². The molecular formula is C13H17N5. The summed E-state index contributed by atoms with van der Waals surface area (Å²) < 4.78 is 0. The van der Waals surface area contributed by atoms with Crippen molar-refractivity contribution >= 4 is 0 Å². The number of tetrazole rings is 1. The van der Waals surface area contributed by atoms with Crippen LogP contribution in [0.4, 0.5) is 0 Å². The van der Waals surface area contributed by atoms with Gasteiger partial charge in [-0.05, 0) is 29.8 Å². The molecule has 5 heteroatoms. The van der Waals surface area contributed by atoms with Gasteiger partial charge in [0.1, 0.15) is 0 Å². The molecule has 0 aliphatic heterocycles. The van der Waals surface area contributed by atoms with Crippen LogP contribution in [0.2, 0.25) is 0 Å². The van der Waals surface area contributed by atoms with Crippen molar-refractivity contribution in [2.45, 2.75) is 24.8 Å². The summed E-state index contributed by atoms with van der Waals surface area (Å²) >= 11 is 0. The number of rotatable bonds is 4. The molecule has 1 aromatic carbocycles. The molecule has 1 heterocycles. The summed E-state index contributed by atoms with van der Waals surface area (Å²) in [5.74, 6) is 1.37. The molecule has 94 valence electrons. The Morgan fingerprint density at radius 2 is 2.28 bits per heavy atom. The highest BCUT2D eigenvalue weighted by molar-refractivity contribution is 5.41. The van der Waals surface area contributed by atoms with Gasteiger partial charge in [0, 0.05) is 18.4 Å². The number of aromatic nitrogens is 4. The van der Waals surface area contributed by atoms with E-state index in [9.17, 15) is 0 Å². The van der Waals surface area contributed by atoms with Crippen LogP contribution in [0.5, 0.6) is 0 Å². The molecule has 1 aromatic heterocycles. The summed E-state index contributed by atoms with van der Waals surface area (Å²) in [5.41, 5.74) is 2.93. The fourth-order valence-corrected chi connectivity index (χ4v) is 2.70. The van der Waals surface area contributed by atoms with E-state index in [4.69, 9.17) is 0 Å². The van der Waals surface area contributed by atoms with Gasteiger partial charge in [-0.15, -0.1) is 10.2 Å². The third-order valence-electron chi connectivity index (χ3n) is 3.70. The minimum atomic E-state index is 0.379. The van der Waals surface area contributed by atoms with Crippen molar-refractivity contribution in [2.24, 2.45) is 7.05 Å². The molecule has 0 fully saturated rings. The minimum absolute atomic E-state index is 0.379. The lowest BCUT2D eigenvalue weighted by Gasteiger charge is -2.36. The second-order valence-electron chi connectivity index (χ2n) is 4.80. The molecule has 1 aliphatic rings. The summed E-state index contributed by atoms with van der Waals surface area (Å²) in [7, 11) is 3.80. The van der Waals surface area contributed by atoms with Crippen molar-refractivity contribution in [3.63, 3.8) is 0 Å². The van der Waals surface area contributed by atoms with Crippen LogP contribution in [-0.2, 0) is 19.9 Å². The van der Waals surface area contributed by atoms with Gasteiger partial charge in [-0.1, -0.05) is 24.3 Å². The van der Waals surface area contributed by atoms with Crippen LogP contribution in [-0.4, -0.2) is 33.3 Å². The fourth-order valence-electron chi connectivity index (χ4n) is 2.70. The molecule has 1 N–H and O–H groups in total. The van der Waals surface area contributed by atoms with E-state index in [1.54, 1.807) is 7.05 Å². The number of hydrogen-bond donors (Lipinski definition) is 1. The molecule has 0 amide bonds. The number of nitrogens with one attached hydrogen (secondary N) is 1. The van der Waals surface area contributed by atoms with E-state index in [0.717, 1.165) is 18.7 Å². The molecule has 2 aromatic rings. The van der Waals surface area contributed by atoms with Crippen molar-refractivity contribution in [1.29, 1.82) is 0 Å². The summed E-state index contributed by atoms with van der Waals surface area (Å²) in [4.78, 5) is 1.51. The normalized spacial score (nSPS) is 19.1. The maximum Gasteiger partial charge on any atom is 0.176 e. The van der Waals surface area contributed by atoms with Crippen LogP contribution in [0.1, 0.15) is 22.9 Å². The number of nitrogens with zero attached hydrogens (tertiary/aromatic N) is 4. The van der Waals surface area contributed by atoms with E-state index in [-0.39, 0.29) is 0 Å². The first-order valence-electron chi connectivity index (χ1n) is 6.26. The molecular weight excluding hydrogens is 226 g/mol. The average molecular weight is 243 g/mol. The van der Waals surface area contributed by atoms with E-state index < -0.39 is 0 Å². The highest BCUT2D eigenvalue weighted by Crippen LogP contribution is 2.37. The standard InChI is InChI=1S/C13H17N5/c1-14-12(8-13-15-17-18(2)16-13)11-7-9-5-3-4-6-10(9)11/h3-6,11-12,14H,7-8H2,1-2H3. The molecule has 18 heavy (non-hydrogen) atoms. The summed E-state index contributed by atoms with van der Waals surface area (Å²) in [6, 6.07) is 9.02. The maximum atomic E-state index is 4.25. The van der Waals surface area contributed by atoms with Crippen molar-refractivity contribution in [1.82, 2.24) is 25.5 Å². The Hall–Kier alpha value is -1.75. The van der Waals surface area contributed by atoms with Crippen molar-refractivity contribution in [3.05, 3.63) is 41.2 Å². The lowest BCUT2D eigenvalue weighted by atomic mass is 9.72. The number of hydrogen-bond acceptors (Lipinski definition) is 4. The molecule has 0 saturated heterocycles. The Bertz CT molecular complexity index is 548. The Morgan fingerprint density at radius 3 is 2.94 bits per heavy atom. The number of benzene rings is 1. The summed E-state index contributed by atoms with van der Waals surface area (Å²) in [6.07, 6.45) is 1.96. The molecule has 2 unspecified atom stereocenters. The zero-order chi connectivity index (χ0) is 12.5. The lowest BCUT2D eigenvalue weighted by molar-refractivity contribution is 0.415. The van der Waals surface area contributed by atoms with Crippen LogP contribution in [0.15, 0.2) is 24.3 Å². The summed E-state index contributed by atoms with van der Waals surface area (Å²) in [5, 5.41) is 15.6. The predicted octanol–water partition coefficient (Wildman–Crippen LogP) is 0.680. The number of likely N-dealkylation sites (N-methyl/N-ethyl adjacent to an activating group) is 1. The highest BCUT2D eigenvalue weighted by atomic mass is 15.6. The van der Waals surface area contributed by atoms with Gasteiger partial charge >= 0.3 is 0 Å². The van der Waals surface area contributed by atoms with Gasteiger partial charge in [0.15, 0.2) is 5.82 Å². The SMILES string of the molecule is CNC(Cc1nnn(C)n1)C1Cc2ccccc21. The van der Waals surface area contributed by atoms with E-state index in [1.165, 1.54) is 15.9 Å². The molecule has 1 aliphatic carbocycles. The van der Waals surface area contributed by atoms with Crippen molar-refractivity contribution in [2.75, 3.05) is 7.05 Å². The van der Waals surface area contributed by atoms with Crippen LogP contribution in [0, 0.1) is 0 Å². The van der Waals surface area contributed by atoms with Crippen LogP contribution >= 0.6 is 0 Å². The van der Waals surface area contributed by atoms with E-state index >= 15 is 0 Å². The Balaban J connectivity index is 1.75. The van der Waals surface area contributed by atoms with Gasteiger partial charge in [0.25, 0.3) is 0 Å². The van der Waals surface area contributed by atoms with Gasteiger partial charge in [0.05, 0.1) is 7.05 Å². The van der Waals surface area contributed by atoms with Crippen LogP contribution in [0.3, 0.4) is 0 Å². The Morgan fingerprint density at radius 1 is 1.44 bits per heavy atom. The predicted molar refractivity (Wildman–Crippen MR) is 68.2 cm³/mol. The molecule has 2 atom stereocenters. The van der Waals surface area contributed by atoms with Gasteiger partial charge in [-0.25, -0.2) is 0 Å².